The lowest BCUT2D eigenvalue weighted by Gasteiger charge is -2.40. The SMILES string of the molecule is COc1ccc2c(c1)C[C@H](C)N(C(=O)c1cnc(C)cn1)[C@@H]2C. The van der Waals surface area contributed by atoms with Crippen molar-refractivity contribution in [1.82, 2.24) is 14.9 Å². The van der Waals surface area contributed by atoms with Crippen LogP contribution in [0.15, 0.2) is 30.6 Å². The second-order valence-electron chi connectivity index (χ2n) is 6.05. The van der Waals surface area contributed by atoms with Crippen LogP contribution in [0.1, 0.15) is 47.2 Å². The predicted octanol–water partition coefficient (Wildman–Crippen LogP) is 2.94. The van der Waals surface area contributed by atoms with Gasteiger partial charge in [0.05, 0.1) is 25.0 Å². The Bertz CT molecular complexity index is 728. The minimum atomic E-state index is -0.0704. The average molecular weight is 311 g/mol. The average Bonchev–Trinajstić information content (AvgIpc) is 2.54. The molecule has 1 aliphatic rings. The van der Waals surface area contributed by atoms with E-state index in [4.69, 9.17) is 4.74 Å². The largest absolute Gasteiger partial charge is 0.497 e. The first-order chi connectivity index (χ1) is 11.0. The number of carbonyl (C=O) groups excluding carboxylic acids is 1. The third kappa shape index (κ3) is 2.79. The van der Waals surface area contributed by atoms with Crippen LogP contribution in [0.5, 0.6) is 5.75 Å². The lowest BCUT2D eigenvalue weighted by atomic mass is 9.89. The van der Waals surface area contributed by atoms with Gasteiger partial charge in [0.1, 0.15) is 11.4 Å². The highest BCUT2D eigenvalue weighted by Gasteiger charge is 2.34. The Morgan fingerprint density at radius 3 is 2.70 bits per heavy atom. The number of carbonyl (C=O) groups is 1. The molecule has 0 fully saturated rings. The van der Waals surface area contributed by atoms with Crippen LogP contribution < -0.4 is 4.74 Å². The molecule has 2 atom stereocenters. The second kappa shape index (κ2) is 5.99. The van der Waals surface area contributed by atoms with Gasteiger partial charge < -0.3 is 9.64 Å². The van der Waals surface area contributed by atoms with Crippen LogP contribution in [0.2, 0.25) is 0 Å². The third-order valence-corrected chi connectivity index (χ3v) is 4.44. The fourth-order valence-corrected chi connectivity index (χ4v) is 3.25. The zero-order valence-electron chi connectivity index (χ0n) is 13.9. The second-order valence-corrected chi connectivity index (χ2v) is 6.05. The fourth-order valence-electron chi connectivity index (χ4n) is 3.25. The molecule has 0 aliphatic carbocycles. The summed E-state index contributed by atoms with van der Waals surface area (Å²) in [5, 5.41) is 0. The summed E-state index contributed by atoms with van der Waals surface area (Å²) >= 11 is 0. The maximum absolute atomic E-state index is 12.9. The zero-order chi connectivity index (χ0) is 16.6. The molecule has 5 nitrogen and oxygen atoms in total. The van der Waals surface area contributed by atoms with Crippen LogP contribution in [0.3, 0.4) is 0 Å². The van der Waals surface area contributed by atoms with E-state index in [-0.39, 0.29) is 18.0 Å². The normalized spacial score (nSPS) is 20.1. The van der Waals surface area contributed by atoms with Crippen molar-refractivity contribution in [3.8, 4) is 5.75 Å². The Hall–Kier alpha value is -2.43. The number of hydrogen-bond donors (Lipinski definition) is 0. The molecule has 0 bridgehead atoms. The summed E-state index contributed by atoms with van der Waals surface area (Å²) < 4.78 is 5.31. The van der Waals surface area contributed by atoms with E-state index < -0.39 is 0 Å². The Kier molecular flexibility index (Phi) is 4.03. The Labute approximate surface area is 136 Å². The standard InChI is InChI=1S/C18H21N3O2/c1-11-9-20-17(10-19-11)18(22)21-12(2)7-14-8-15(23-4)5-6-16(14)13(21)3/h5-6,8-10,12-13H,7H2,1-4H3/t12-,13+/m0/s1. The highest BCUT2D eigenvalue weighted by Crippen LogP contribution is 2.35. The predicted molar refractivity (Wildman–Crippen MR) is 87.5 cm³/mol. The molecule has 120 valence electrons. The van der Waals surface area contributed by atoms with Gasteiger partial charge in [-0.3, -0.25) is 9.78 Å². The van der Waals surface area contributed by atoms with Crippen molar-refractivity contribution in [2.24, 2.45) is 0 Å². The van der Waals surface area contributed by atoms with Gasteiger partial charge in [-0.2, -0.15) is 0 Å². The Balaban J connectivity index is 1.94. The molecule has 1 amide bonds. The molecule has 1 aliphatic heterocycles. The molecule has 0 unspecified atom stereocenters. The first-order valence-corrected chi connectivity index (χ1v) is 7.79. The lowest BCUT2D eigenvalue weighted by Crippen LogP contribution is -2.45. The van der Waals surface area contributed by atoms with Crippen molar-refractivity contribution in [3.05, 3.63) is 53.1 Å². The van der Waals surface area contributed by atoms with Crippen LogP contribution in [0, 0.1) is 6.92 Å². The van der Waals surface area contributed by atoms with Crippen molar-refractivity contribution in [2.75, 3.05) is 7.11 Å². The number of ether oxygens (including phenoxy) is 1. The number of benzene rings is 1. The minimum absolute atomic E-state index is 0.00439. The van der Waals surface area contributed by atoms with Gasteiger partial charge in [0.2, 0.25) is 0 Å². The molecule has 5 heteroatoms. The number of rotatable bonds is 2. The number of aromatic nitrogens is 2. The number of amides is 1. The van der Waals surface area contributed by atoms with Crippen LogP contribution in [-0.2, 0) is 6.42 Å². The summed E-state index contributed by atoms with van der Waals surface area (Å²) in [6.07, 6.45) is 3.99. The zero-order valence-corrected chi connectivity index (χ0v) is 13.9. The summed E-state index contributed by atoms with van der Waals surface area (Å²) in [6, 6.07) is 6.15. The topological polar surface area (TPSA) is 55.3 Å². The summed E-state index contributed by atoms with van der Waals surface area (Å²) in [7, 11) is 1.67. The fraction of sp³-hybridized carbons (Fsp3) is 0.389. The molecule has 2 aromatic rings. The van der Waals surface area contributed by atoms with E-state index in [1.807, 2.05) is 24.0 Å². The van der Waals surface area contributed by atoms with E-state index in [9.17, 15) is 4.79 Å². The van der Waals surface area contributed by atoms with Crippen LogP contribution >= 0.6 is 0 Å². The quantitative estimate of drug-likeness (QED) is 0.855. The first-order valence-electron chi connectivity index (χ1n) is 7.79. The molecule has 0 N–H and O–H groups in total. The van der Waals surface area contributed by atoms with Gasteiger partial charge in [0, 0.05) is 12.2 Å². The third-order valence-electron chi connectivity index (χ3n) is 4.44. The molecule has 2 heterocycles. The number of aryl methyl sites for hydroxylation is 1. The number of hydrogen-bond acceptors (Lipinski definition) is 4. The van der Waals surface area contributed by atoms with E-state index in [1.165, 1.54) is 5.56 Å². The van der Waals surface area contributed by atoms with Gasteiger partial charge in [0.25, 0.3) is 5.91 Å². The molecule has 0 spiro atoms. The highest BCUT2D eigenvalue weighted by molar-refractivity contribution is 5.92. The molecule has 0 radical (unpaired) electrons. The van der Waals surface area contributed by atoms with E-state index in [2.05, 4.69) is 29.9 Å². The van der Waals surface area contributed by atoms with Gasteiger partial charge in [0.15, 0.2) is 0 Å². The maximum atomic E-state index is 12.9. The number of fused-ring (bicyclic) bond motifs is 1. The molecular formula is C18H21N3O2. The van der Waals surface area contributed by atoms with Gasteiger partial charge in [-0.15, -0.1) is 0 Å². The molecule has 1 aromatic carbocycles. The molecule has 1 aromatic heterocycles. The van der Waals surface area contributed by atoms with E-state index >= 15 is 0 Å². The molecular weight excluding hydrogens is 290 g/mol. The Morgan fingerprint density at radius 2 is 2.04 bits per heavy atom. The molecule has 0 saturated carbocycles. The van der Waals surface area contributed by atoms with E-state index in [0.29, 0.717) is 5.69 Å². The van der Waals surface area contributed by atoms with Crippen molar-refractivity contribution in [1.29, 1.82) is 0 Å². The van der Waals surface area contributed by atoms with Gasteiger partial charge in [-0.1, -0.05) is 6.07 Å². The summed E-state index contributed by atoms with van der Waals surface area (Å²) in [6.45, 7) is 5.98. The number of nitrogens with zero attached hydrogens (tertiary/aromatic N) is 3. The highest BCUT2D eigenvalue weighted by atomic mass is 16.5. The van der Waals surface area contributed by atoms with Gasteiger partial charge >= 0.3 is 0 Å². The molecule has 3 rings (SSSR count). The summed E-state index contributed by atoms with van der Waals surface area (Å²) in [4.78, 5) is 23.2. The monoisotopic (exact) mass is 311 g/mol. The van der Waals surface area contributed by atoms with Crippen molar-refractivity contribution < 1.29 is 9.53 Å². The van der Waals surface area contributed by atoms with Crippen molar-refractivity contribution in [3.63, 3.8) is 0 Å². The van der Waals surface area contributed by atoms with Gasteiger partial charge in [-0.05, 0) is 50.5 Å². The smallest absolute Gasteiger partial charge is 0.274 e. The molecule has 23 heavy (non-hydrogen) atoms. The maximum Gasteiger partial charge on any atom is 0.274 e. The number of methoxy groups -OCH3 is 1. The van der Waals surface area contributed by atoms with E-state index in [1.54, 1.807) is 19.5 Å². The lowest BCUT2D eigenvalue weighted by molar-refractivity contribution is 0.0573. The van der Waals surface area contributed by atoms with Crippen molar-refractivity contribution in [2.45, 2.75) is 39.3 Å². The summed E-state index contributed by atoms with van der Waals surface area (Å²) in [5.41, 5.74) is 3.60. The minimum Gasteiger partial charge on any atom is -0.497 e. The molecule has 0 saturated heterocycles. The van der Waals surface area contributed by atoms with Crippen LogP contribution in [0.4, 0.5) is 0 Å². The van der Waals surface area contributed by atoms with Crippen LogP contribution in [-0.4, -0.2) is 33.9 Å². The Morgan fingerprint density at radius 1 is 1.26 bits per heavy atom. The van der Waals surface area contributed by atoms with Gasteiger partial charge in [-0.25, -0.2) is 4.98 Å². The van der Waals surface area contributed by atoms with Crippen LogP contribution in [0.25, 0.3) is 0 Å². The summed E-state index contributed by atoms with van der Waals surface area (Å²) in [5.74, 6) is 0.784. The van der Waals surface area contributed by atoms with Crippen molar-refractivity contribution >= 4 is 5.91 Å². The first kappa shape index (κ1) is 15.5. The van der Waals surface area contributed by atoms with E-state index in [0.717, 1.165) is 23.4 Å².